The first kappa shape index (κ1) is 14.7. The quantitative estimate of drug-likeness (QED) is 0.779. The van der Waals surface area contributed by atoms with Crippen LogP contribution in [0, 0.1) is 0 Å². The Balaban J connectivity index is 1.57. The summed E-state index contributed by atoms with van der Waals surface area (Å²) in [6.45, 7) is 8.12. The summed E-state index contributed by atoms with van der Waals surface area (Å²) >= 11 is 0. The topological polar surface area (TPSA) is 34.6 Å². The summed E-state index contributed by atoms with van der Waals surface area (Å²) in [6, 6.07) is 4.14. The fraction of sp³-hybridized carbons (Fsp3) is 0.588. The molecule has 4 heteroatoms. The average Bonchev–Trinajstić information content (AvgIpc) is 2.89. The van der Waals surface area contributed by atoms with Crippen LogP contribution in [0.2, 0.25) is 0 Å². The minimum atomic E-state index is -0.00764. The molecule has 2 fully saturated rings. The second kappa shape index (κ2) is 6.69. The van der Waals surface area contributed by atoms with Crippen LogP contribution in [0.3, 0.4) is 0 Å². The molecule has 0 radical (unpaired) electrons. The van der Waals surface area contributed by atoms with Gasteiger partial charge in [0.15, 0.2) is 0 Å². The Morgan fingerprint density at radius 1 is 1.57 bits per heavy atom. The number of pyridine rings is 1. The van der Waals surface area contributed by atoms with Gasteiger partial charge in [0.05, 0.1) is 24.9 Å². The Labute approximate surface area is 126 Å². The lowest BCUT2D eigenvalue weighted by Gasteiger charge is -2.39. The zero-order valence-electron chi connectivity index (χ0n) is 12.5. The van der Waals surface area contributed by atoms with Crippen molar-refractivity contribution in [1.82, 2.24) is 9.88 Å². The molecular formula is C17H24N2O2. The van der Waals surface area contributed by atoms with Gasteiger partial charge in [0.2, 0.25) is 0 Å². The molecule has 0 bridgehead atoms. The van der Waals surface area contributed by atoms with Crippen LogP contribution in [-0.4, -0.2) is 47.9 Å². The smallest absolute Gasteiger partial charge is 0.0841 e. The van der Waals surface area contributed by atoms with E-state index < -0.39 is 0 Å². The normalized spacial score (nSPS) is 29.8. The Morgan fingerprint density at radius 2 is 2.52 bits per heavy atom. The van der Waals surface area contributed by atoms with Crippen molar-refractivity contribution in [1.29, 1.82) is 0 Å². The van der Waals surface area contributed by atoms with E-state index in [2.05, 4.69) is 22.5 Å². The van der Waals surface area contributed by atoms with Crippen LogP contribution in [-0.2, 0) is 16.0 Å². The number of hydrogen-bond acceptors (Lipinski definition) is 4. The SMILES string of the molecule is C=CCO[C@@H]1CO[C@@]2(CCCN(Cc3cccnc3)C2)C1. The Kier molecular flexibility index (Phi) is 4.68. The number of rotatable bonds is 5. The van der Waals surface area contributed by atoms with Crippen LogP contribution in [0.25, 0.3) is 0 Å². The molecule has 114 valence electrons. The minimum absolute atomic E-state index is 0.00764. The predicted octanol–water partition coefficient (Wildman–Crippen LogP) is 2.41. The van der Waals surface area contributed by atoms with Crippen molar-refractivity contribution in [3.8, 4) is 0 Å². The molecule has 4 nitrogen and oxygen atoms in total. The van der Waals surface area contributed by atoms with Gasteiger partial charge in [-0.05, 0) is 31.0 Å². The molecule has 1 spiro atoms. The molecule has 0 aromatic carbocycles. The van der Waals surface area contributed by atoms with E-state index in [0.29, 0.717) is 13.2 Å². The Bertz CT molecular complexity index is 465. The van der Waals surface area contributed by atoms with Crippen molar-refractivity contribution < 1.29 is 9.47 Å². The summed E-state index contributed by atoms with van der Waals surface area (Å²) in [5.74, 6) is 0. The van der Waals surface area contributed by atoms with Crippen molar-refractivity contribution >= 4 is 0 Å². The number of piperidine rings is 1. The van der Waals surface area contributed by atoms with Gasteiger partial charge in [-0.15, -0.1) is 6.58 Å². The molecule has 3 rings (SSSR count). The average molecular weight is 288 g/mol. The lowest BCUT2D eigenvalue weighted by atomic mass is 9.89. The molecular weight excluding hydrogens is 264 g/mol. The Hall–Kier alpha value is -1.23. The molecule has 2 saturated heterocycles. The zero-order valence-corrected chi connectivity index (χ0v) is 12.5. The standard InChI is InChI=1S/C17H24N2O2/c1-2-9-20-16-10-17(21-13-16)6-4-8-19(14-17)12-15-5-3-7-18-11-15/h2-3,5,7,11,16H,1,4,6,8-10,12-14H2/t16-,17-/m0/s1. The summed E-state index contributed by atoms with van der Waals surface area (Å²) in [7, 11) is 0. The van der Waals surface area contributed by atoms with Crippen LogP contribution >= 0.6 is 0 Å². The molecule has 2 aliphatic rings. The number of nitrogens with zero attached hydrogens (tertiary/aromatic N) is 2. The third-order valence-corrected chi connectivity index (χ3v) is 4.37. The summed E-state index contributed by atoms with van der Waals surface area (Å²) < 4.78 is 11.9. The lowest BCUT2D eigenvalue weighted by Crippen LogP contribution is -2.47. The second-order valence-corrected chi connectivity index (χ2v) is 6.12. The maximum Gasteiger partial charge on any atom is 0.0841 e. The molecule has 2 atom stereocenters. The Morgan fingerprint density at radius 3 is 3.33 bits per heavy atom. The largest absolute Gasteiger partial charge is 0.372 e. The number of ether oxygens (including phenoxy) is 2. The highest BCUT2D eigenvalue weighted by Gasteiger charge is 2.43. The van der Waals surface area contributed by atoms with Crippen molar-refractivity contribution in [2.24, 2.45) is 0 Å². The van der Waals surface area contributed by atoms with Gasteiger partial charge in [-0.1, -0.05) is 12.1 Å². The van der Waals surface area contributed by atoms with Crippen LogP contribution < -0.4 is 0 Å². The molecule has 0 unspecified atom stereocenters. The predicted molar refractivity (Wildman–Crippen MR) is 82.0 cm³/mol. The van der Waals surface area contributed by atoms with Crippen molar-refractivity contribution in [2.45, 2.75) is 37.5 Å². The summed E-state index contributed by atoms with van der Waals surface area (Å²) in [4.78, 5) is 6.68. The van der Waals surface area contributed by atoms with Gasteiger partial charge in [0.1, 0.15) is 0 Å². The number of hydrogen-bond donors (Lipinski definition) is 0. The maximum atomic E-state index is 6.14. The highest BCUT2D eigenvalue weighted by molar-refractivity contribution is 5.09. The van der Waals surface area contributed by atoms with Crippen molar-refractivity contribution in [2.75, 3.05) is 26.3 Å². The second-order valence-electron chi connectivity index (χ2n) is 6.12. The number of aromatic nitrogens is 1. The van der Waals surface area contributed by atoms with Crippen LogP contribution in [0.1, 0.15) is 24.8 Å². The molecule has 0 aliphatic carbocycles. The van der Waals surface area contributed by atoms with E-state index in [4.69, 9.17) is 9.47 Å². The van der Waals surface area contributed by atoms with E-state index in [1.165, 1.54) is 12.0 Å². The summed E-state index contributed by atoms with van der Waals surface area (Å²) in [5, 5.41) is 0. The fourth-order valence-corrected chi connectivity index (χ4v) is 3.47. The maximum absolute atomic E-state index is 6.14. The van der Waals surface area contributed by atoms with E-state index in [-0.39, 0.29) is 11.7 Å². The van der Waals surface area contributed by atoms with E-state index in [9.17, 15) is 0 Å². The van der Waals surface area contributed by atoms with Gasteiger partial charge in [-0.25, -0.2) is 0 Å². The fourth-order valence-electron chi connectivity index (χ4n) is 3.47. The highest BCUT2D eigenvalue weighted by atomic mass is 16.6. The van der Waals surface area contributed by atoms with Crippen molar-refractivity contribution in [3.63, 3.8) is 0 Å². The van der Waals surface area contributed by atoms with Gasteiger partial charge < -0.3 is 9.47 Å². The monoisotopic (exact) mass is 288 g/mol. The molecule has 1 aromatic heterocycles. The third kappa shape index (κ3) is 3.70. The van der Waals surface area contributed by atoms with Crippen LogP contribution in [0.15, 0.2) is 37.2 Å². The van der Waals surface area contributed by atoms with Crippen molar-refractivity contribution in [3.05, 3.63) is 42.7 Å². The van der Waals surface area contributed by atoms with E-state index in [0.717, 1.165) is 32.5 Å². The molecule has 1 aromatic rings. The highest BCUT2D eigenvalue weighted by Crippen LogP contribution is 2.36. The van der Waals surface area contributed by atoms with Gasteiger partial charge in [0, 0.05) is 31.9 Å². The first-order valence-electron chi connectivity index (χ1n) is 7.77. The zero-order chi connectivity index (χ0) is 14.5. The van der Waals surface area contributed by atoms with Gasteiger partial charge >= 0.3 is 0 Å². The minimum Gasteiger partial charge on any atom is -0.372 e. The molecule has 3 heterocycles. The van der Waals surface area contributed by atoms with E-state index >= 15 is 0 Å². The first-order chi connectivity index (χ1) is 10.3. The summed E-state index contributed by atoms with van der Waals surface area (Å²) in [6.07, 6.45) is 9.14. The van der Waals surface area contributed by atoms with E-state index in [1.54, 1.807) is 6.08 Å². The first-order valence-corrected chi connectivity index (χ1v) is 7.77. The van der Waals surface area contributed by atoms with Gasteiger partial charge in [-0.3, -0.25) is 9.88 Å². The van der Waals surface area contributed by atoms with Gasteiger partial charge in [0.25, 0.3) is 0 Å². The number of likely N-dealkylation sites (tertiary alicyclic amines) is 1. The molecule has 0 N–H and O–H groups in total. The third-order valence-electron chi connectivity index (χ3n) is 4.37. The molecule has 2 aliphatic heterocycles. The van der Waals surface area contributed by atoms with Crippen LogP contribution in [0.5, 0.6) is 0 Å². The van der Waals surface area contributed by atoms with E-state index in [1.807, 2.05) is 18.5 Å². The van der Waals surface area contributed by atoms with Gasteiger partial charge in [-0.2, -0.15) is 0 Å². The lowest BCUT2D eigenvalue weighted by molar-refractivity contribution is -0.0544. The molecule has 21 heavy (non-hydrogen) atoms. The summed E-state index contributed by atoms with van der Waals surface area (Å²) in [5.41, 5.74) is 1.26. The molecule has 0 saturated carbocycles. The molecule has 0 amide bonds. The van der Waals surface area contributed by atoms with Crippen LogP contribution in [0.4, 0.5) is 0 Å².